The van der Waals surface area contributed by atoms with Crippen LogP contribution in [0.4, 0.5) is 0 Å². The van der Waals surface area contributed by atoms with Crippen molar-refractivity contribution in [1.82, 2.24) is 10.6 Å². The number of amides is 2. The van der Waals surface area contributed by atoms with E-state index in [9.17, 15) is 9.59 Å². The van der Waals surface area contributed by atoms with Gasteiger partial charge in [0.2, 0.25) is 0 Å². The summed E-state index contributed by atoms with van der Waals surface area (Å²) < 4.78 is 10.8. The number of ether oxygens (including phenoxy) is 1. The molecule has 0 fully saturated rings. The van der Waals surface area contributed by atoms with Crippen LogP contribution < -0.4 is 15.4 Å². The molecule has 1 aromatic heterocycles. The van der Waals surface area contributed by atoms with Gasteiger partial charge in [-0.25, -0.2) is 0 Å². The predicted octanol–water partition coefficient (Wildman–Crippen LogP) is 4.33. The Hall–Kier alpha value is -3.80. The molecule has 2 amide bonds. The SMILES string of the molecule is CCOc1cccc(C(C)NC(=O)/C(=C/c2ccco2)NC(=O)c2ccccc2)c1. The zero-order valence-corrected chi connectivity index (χ0v) is 16.9. The van der Waals surface area contributed by atoms with E-state index in [4.69, 9.17) is 9.15 Å². The van der Waals surface area contributed by atoms with Gasteiger partial charge in [-0.2, -0.15) is 0 Å². The lowest BCUT2D eigenvalue weighted by molar-refractivity contribution is -0.118. The van der Waals surface area contributed by atoms with Gasteiger partial charge in [-0.15, -0.1) is 0 Å². The Bertz CT molecular complexity index is 1010. The second-order valence-corrected chi connectivity index (χ2v) is 6.59. The summed E-state index contributed by atoms with van der Waals surface area (Å²) in [4.78, 5) is 25.5. The molecular formula is C24H24N2O4. The van der Waals surface area contributed by atoms with Gasteiger partial charge < -0.3 is 19.8 Å². The Balaban J connectivity index is 1.78. The van der Waals surface area contributed by atoms with Gasteiger partial charge in [-0.05, 0) is 55.8 Å². The highest BCUT2D eigenvalue weighted by Gasteiger charge is 2.18. The van der Waals surface area contributed by atoms with E-state index >= 15 is 0 Å². The fraction of sp³-hybridized carbons (Fsp3) is 0.167. The maximum Gasteiger partial charge on any atom is 0.268 e. The largest absolute Gasteiger partial charge is 0.494 e. The molecule has 0 spiro atoms. The van der Waals surface area contributed by atoms with Crippen LogP contribution >= 0.6 is 0 Å². The lowest BCUT2D eigenvalue weighted by Crippen LogP contribution is -2.36. The van der Waals surface area contributed by atoms with Gasteiger partial charge >= 0.3 is 0 Å². The van der Waals surface area contributed by atoms with E-state index < -0.39 is 5.91 Å². The normalized spacial score (nSPS) is 12.1. The van der Waals surface area contributed by atoms with Crippen LogP contribution in [0.3, 0.4) is 0 Å². The first kappa shape index (κ1) is 20.9. The fourth-order valence-corrected chi connectivity index (χ4v) is 2.86. The van der Waals surface area contributed by atoms with E-state index in [0.717, 1.165) is 11.3 Å². The maximum absolute atomic E-state index is 13.0. The van der Waals surface area contributed by atoms with Crippen LogP contribution in [0.2, 0.25) is 0 Å². The molecule has 0 saturated carbocycles. The molecule has 3 rings (SSSR count). The summed E-state index contributed by atoms with van der Waals surface area (Å²) in [6.07, 6.45) is 3.00. The minimum Gasteiger partial charge on any atom is -0.494 e. The molecule has 154 valence electrons. The van der Waals surface area contributed by atoms with Gasteiger partial charge in [0, 0.05) is 11.6 Å². The number of hydrogen-bond donors (Lipinski definition) is 2. The van der Waals surface area contributed by atoms with Gasteiger partial charge in [0.15, 0.2) is 0 Å². The second-order valence-electron chi connectivity index (χ2n) is 6.59. The van der Waals surface area contributed by atoms with Crippen molar-refractivity contribution in [3.8, 4) is 5.75 Å². The average molecular weight is 404 g/mol. The van der Waals surface area contributed by atoms with E-state index in [1.54, 1.807) is 36.4 Å². The second kappa shape index (κ2) is 10.1. The Labute approximate surface area is 175 Å². The highest BCUT2D eigenvalue weighted by atomic mass is 16.5. The maximum atomic E-state index is 13.0. The van der Waals surface area contributed by atoms with Gasteiger partial charge in [-0.3, -0.25) is 9.59 Å². The molecule has 2 aromatic carbocycles. The van der Waals surface area contributed by atoms with Crippen LogP contribution in [0.1, 0.15) is 41.6 Å². The lowest BCUT2D eigenvalue weighted by atomic mass is 10.1. The van der Waals surface area contributed by atoms with Gasteiger partial charge in [0.25, 0.3) is 11.8 Å². The number of carbonyl (C=O) groups is 2. The lowest BCUT2D eigenvalue weighted by Gasteiger charge is -2.17. The van der Waals surface area contributed by atoms with Crippen LogP contribution in [0, 0.1) is 0 Å². The van der Waals surface area contributed by atoms with Crippen molar-refractivity contribution in [2.24, 2.45) is 0 Å². The third kappa shape index (κ3) is 5.61. The summed E-state index contributed by atoms with van der Waals surface area (Å²) in [7, 11) is 0. The molecule has 0 radical (unpaired) electrons. The Morgan fingerprint density at radius 3 is 2.57 bits per heavy atom. The van der Waals surface area contributed by atoms with Crippen molar-refractivity contribution in [1.29, 1.82) is 0 Å². The summed E-state index contributed by atoms with van der Waals surface area (Å²) in [5.41, 5.74) is 1.43. The third-order valence-electron chi connectivity index (χ3n) is 4.38. The number of carbonyl (C=O) groups excluding carboxylic acids is 2. The number of hydrogen-bond acceptors (Lipinski definition) is 4. The van der Waals surface area contributed by atoms with Crippen LogP contribution in [-0.4, -0.2) is 18.4 Å². The smallest absolute Gasteiger partial charge is 0.268 e. The van der Waals surface area contributed by atoms with E-state index in [0.29, 0.717) is 17.9 Å². The molecule has 1 atom stereocenters. The monoisotopic (exact) mass is 404 g/mol. The minimum atomic E-state index is -0.426. The molecule has 1 unspecified atom stereocenters. The van der Waals surface area contributed by atoms with Crippen molar-refractivity contribution < 1.29 is 18.7 Å². The summed E-state index contributed by atoms with van der Waals surface area (Å²) in [5, 5.41) is 5.60. The van der Waals surface area contributed by atoms with E-state index in [-0.39, 0.29) is 17.6 Å². The van der Waals surface area contributed by atoms with Crippen molar-refractivity contribution in [2.75, 3.05) is 6.61 Å². The number of furan rings is 1. The number of benzene rings is 2. The minimum absolute atomic E-state index is 0.0895. The van der Waals surface area contributed by atoms with Crippen LogP contribution in [0.25, 0.3) is 6.08 Å². The molecule has 6 nitrogen and oxygen atoms in total. The van der Waals surface area contributed by atoms with Gasteiger partial charge in [0.05, 0.1) is 18.9 Å². The predicted molar refractivity (Wildman–Crippen MR) is 115 cm³/mol. The number of rotatable bonds is 8. The van der Waals surface area contributed by atoms with Gasteiger partial charge in [-0.1, -0.05) is 30.3 Å². The fourth-order valence-electron chi connectivity index (χ4n) is 2.86. The first-order chi connectivity index (χ1) is 14.6. The Kier molecular flexibility index (Phi) is 7.05. The first-order valence-corrected chi connectivity index (χ1v) is 9.72. The highest BCUT2D eigenvalue weighted by molar-refractivity contribution is 6.05. The highest BCUT2D eigenvalue weighted by Crippen LogP contribution is 2.19. The summed E-state index contributed by atoms with van der Waals surface area (Å²) in [5.74, 6) is 0.388. The van der Waals surface area contributed by atoms with Crippen molar-refractivity contribution in [2.45, 2.75) is 19.9 Å². The molecular weight excluding hydrogens is 380 g/mol. The number of nitrogens with one attached hydrogen (secondary N) is 2. The molecule has 0 aliphatic heterocycles. The van der Waals surface area contributed by atoms with E-state index in [2.05, 4.69) is 10.6 Å². The summed E-state index contributed by atoms with van der Waals surface area (Å²) in [6.45, 7) is 4.34. The molecule has 0 bridgehead atoms. The molecule has 30 heavy (non-hydrogen) atoms. The van der Waals surface area contributed by atoms with Crippen LogP contribution in [0.15, 0.2) is 83.1 Å². The molecule has 3 aromatic rings. The molecule has 1 heterocycles. The first-order valence-electron chi connectivity index (χ1n) is 9.72. The molecule has 6 heteroatoms. The molecule has 0 aliphatic rings. The van der Waals surface area contributed by atoms with E-state index in [1.165, 1.54) is 12.3 Å². The standard InChI is InChI=1S/C24H24N2O4/c1-3-29-20-12-7-11-19(15-20)17(2)25-24(28)22(16-21-13-8-14-30-21)26-23(27)18-9-5-4-6-10-18/h4-17H,3H2,1-2H3,(H,25,28)(H,26,27)/b22-16-. The van der Waals surface area contributed by atoms with E-state index in [1.807, 2.05) is 44.2 Å². The molecule has 2 N–H and O–H groups in total. The van der Waals surface area contributed by atoms with Crippen molar-refractivity contribution >= 4 is 17.9 Å². The topological polar surface area (TPSA) is 80.6 Å². The zero-order valence-electron chi connectivity index (χ0n) is 16.9. The Morgan fingerprint density at radius 1 is 1.07 bits per heavy atom. The summed E-state index contributed by atoms with van der Waals surface area (Å²) in [6, 6.07) is 19.4. The van der Waals surface area contributed by atoms with Crippen LogP contribution in [-0.2, 0) is 4.79 Å². The molecule has 0 saturated heterocycles. The van der Waals surface area contributed by atoms with Gasteiger partial charge in [0.1, 0.15) is 17.2 Å². The zero-order chi connectivity index (χ0) is 21.3. The van der Waals surface area contributed by atoms with Crippen LogP contribution in [0.5, 0.6) is 5.75 Å². The van der Waals surface area contributed by atoms with Crippen molar-refractivity contribution in [3.63, 3.8) is 0 Å². The quantitative estimate of drug-likeness (QED) is 0.548. The average Bonchev–Trinajstić information content (AvgIpc) is 3.27. The third-order valence-corrected chi connectivity index (χ3v) is 4.38. The Morgan fingerprint density at radius 2 is 1.87 bits per heavy atom. The molecule has 0 aliphatic carbocycles. The summed E-state index contributed by atoms with van der Waals surface area (Å²) >= 11 is 0. The van der Waals surface area contributed by atoms with Crippen molar-refractivity contribution in [3.05, 3.63) is 95.6 Å².